The van der Waals surface area contributed by atoms with Crippen LogP contribution in [0.2, 0.25) is 0 Å². The first-order chi connectivity index (χ1) is 14.0. The van der Waals surface area contributed by atoms with Crippen LogP contribution in [0, 0.1) is 10.1 Å². The number of nitrogens with zero attached hydrogens (tertiary/aromatic N) is 2. The minimum absolute atomic E-state index is 0.152. The van der Waals surface area contributed by atoms with Gasteiger partial charge in [0.2, 0.25) is 0 Å². The Morgan fingerprint density at radius 3 is 2.59 bits per heavy atom. The zero-order valence-electron chi connectivity index (χ0n) is 15.8. The Morgan fingerprint density at radius 2 is 1.93 bits per heavy atom. The van der Waals surface area contributed by atoms with Crippen molar-refractivity contribution < 1.29 is 28.5 Å². The van der Waals surface area contributed by atoms with E-state index in [1.54, 1.807) is 13.0 Å². The van der Waals surface area contributed by atoms with E-state index in [0.717, 1.165) is 11.6 Å². The van der Waals surface area contributed by atoms with Gasteiger partial charge in [0.15, 0.2) is 17.3 Å². The number of ether oxygens (including phenoxy) is 3. The van der Waals surface area contributed by atoms with Crippen molar-refractivity contribution in [3.05, 3.63) is 69.9 Å². The zero-order valence-corrected chi connectivity index (χ0v) is 15.8. The molecule has 0 aliphatic carbocycles. The van der Waals surface area contributed by atoms with E-state index in [0.29, 0.717) is 18.1 Å². The standard InChI is InChI=1S/C20H18N2O7/c1-3-27-19-10-15(16(22(24)25)11-18(19)26-2)20(23)28-12-14-9-17(29-21-14)13-7-5-4-6-8-13/h4-11H,3,12H2,1-2H3. The van der Waals surface area contributed by atoms with Crippen LogP contribution in [0.3, 0.4) is 0 Å². The first kappa shape index (κ1) is 19.9. The molecule has 0 fully saturated rings. The molecule has 0 radical (unpaired) electrons. The third kappa shape index (κ3) is 4.52. The van der Waals surface area contributed by atoms with Crippen molar-refractivity contribution in [3.8, 4) is 22.8 Å². The summed E-state index contributed by atoms with van der Waals surface area (Å²) in [5, 5.41) is 15.2. The predicted molar refractivity (Wildman–Crippen MR) is 102 cm³/mol. The molecular formula is C20H18N2O7. The molecule has 0 saturated carbocycles. The molecule has 2 aromatic carbocycles. The number of hydrogen-bond donors (Lipinski definition) is 0. The van der Waals surface area contributed by atoms with Crippen LogP contribution in [-0.2, 0) is 11.3 Å². The summed E-state index contributed by atoms with van der Waals surface area (Å²) < 4.78 is 20.9. The third-order valence-corrected chi connectivity index (χ3v) is 3.97. The molecule has 0 unspecified atom stereocenters. The quantitative estimate of drug-likeness (QED) is 0.318. The maximum atomic E-state index is 12.5. The van der Waals surface area contributed by atoms with Crippen LogP contribution in [0.1, 0.15) is 23.0 Å². The Hall–Kier alpha value is -3.88. The van der Waals surface area contributed by atoms with Crippen molar-refractivity contribution in [1.82, 2.24) is 5.16 Å². The molecule has 3 rings (SSSR count). The highest BCUT2D eigenvalue weighted by atomic mass is 16.6. The average Bonchev–Trinajstić information content (AvgIpc) is 3.21. The summed E-state index contributed by atoms with van der Waals surface area (Å²) in [6.45, 7) is 1.83. The molecule has 1 aromatic heterocycles. The SMILES string of the molecule is CCOc1cc(C(=O)OCc2cc(-c3ccccc3)on2)c([N+](=O)[O-])cc1OC. The Bertz CT molecular complexity index is 1010. The van der Waals surface area contributed by atoms with Gasteiger partial charge >= 0.3 is 5.97 Å². The van der Waals surface area contributed by atoms with Crippen LogP contribution in [0.25, 0.3) is 11.3 Å². The van der Waals surface area contributed by atoms with Gasteiger partial charge in [-0.3, -0.25) is 10.1 Å². The molecular weight excluding hydrogens is 380 g/mol. The normalized spacial score (nSPS) is 10.4. The van der Waals surface area contributed by atoms with E-state index in [1.165, 1.54) is 13.2 Å². The second-order valence-electron chi connectivity index (χ2n) is 5.83. The van der Waals surface area contributed by atoms with Gasteiger partial charge in [-0.1, -0.05) is 35.5 Å². The summed E-state index contributed by atoms with van der Waals surface area (Å²) in [6, 6.07) is 13.3. The Morgan fingerprint density at radius 1 is 1.17 bits per heavy atom. The number of rotatable bonds is 8. The number of aromatic nitrogens is 1. The number of nitro benzene ring substituents is 1. The second-order valence-corrected chi connectivity index (χ2v) is 5.83. The van der Waals surface area contributed by atoms with E-state index >= 15 is 0 Å². The van der Waals surface area contributed by atoms with Gasteiger partial charge in [0.25, 0.3) is 5.69 Å². The number of carbonyl (C=O) groups excluding carboxylic acids is 1. The van der Waals surface area contributed by atoms with Crippen LogP contribution in [0.15, 0.2) is 53.1 Å². The van der Waals surface area contributed by atoms with Gasteiger partial charge in [-0.15, -0.1) is 0 Å². The molecule has 0 amide bonds. The van der Waals surface area contributed by atoms with E-state index < -0.39 is 16.6 Å². The van der Waals surface area contributed by atoms with Gasteiger partial charge in [0.05, 0.1) is 24.7 Å². The molecule has 9 nitrogen and oxygen atoms in total. The highest BCUT2D eigenvalue weighted by Gasteiger charge is 2.26. The molecule has 9 heteroatoms. The summed E-state index contributed by atoms with van der Waals surface area (Å²) in [6.07, 6.45) is 0. The predicted octanol–water partition coefficient (Wildman–Crippen LogP) is 4.01. The molecule has 150 valence electrons. The zero-order chi connectivity index (χ0) is 20.8. The topological polar surface area (TPSA) is 114 Å². The van der Waals surface area contributed by atoms with Crippen LogP contribution in [0.4, 0.5) is 5.69 Å². The van der Waals surface area contributed by atoms with Crippen molar-refractivity contribution in [2.24, 2.45) is 0 Å². The van der Waals surface area contributed by atoms with Gasteiger partial charge in [0, 0.05) is 17.7 Å². The minimum atomic E-state index is -0.885. The molecule has 3 aromatic rings. The van der Waals surface area contributed by atoms with Crippen LogP contribution >= 0.6 is 0 Å². The first-order valence-corrected chi connectivity index (χ1v) is 8.70. The van der Waals surface area contributed by atoms with Crippen molar-refractivity contribution in [2.45, 2.75) is 13.5 Å². The molecule has 0 saturated heterocycles. The maximum absolute atomic E-state index is 12.5. The highest BCUT2D eigenvalue weighted by Crippen LogP contribution is 2.35. The lowest BCUT2D eigenvalue weighted by Crippen LogP contribution is -2.10. The lowest BCUT2D eigenvalue weighted by molar-refractivity contribution is -0.385. The Kier molecular flexibility index (Phi) is 6.08. The molecule has 0 aliphatic heterocycles. The summed E-state index contributed by atoms with van der Waals surface area (Å²) in [4.78, 5) is 23.2. The number of hydrogen-bond acceptors (Lipinski definition) is 8. The molecule has 0 aliphatic rings. The van der Waals surface area contributed by atoms with E-state index in [1.807, 2.05) is 30.3 Å². The lowest BCUT2D eigenvalue weighted by atomic mass is 10.1. The van der Waals surface area contributed by atoms with Crippen molar-refractivity contribution in [1.29, 1.82) is 0 Å². The van der Waals surface area contributed by atoms with E-state index in [-0.39, 0.29) is 23.7 Å². The number of nitro groups is 1. The van der Waals surface area contributed by atoms with Gasteiger partial charge in [-0.25, -0.2) is 4.79 Å². The van der Waals surface area contributed by atoms with Crippen LogP contribution in [0.5, 0.6) is 11.5 Å². The number of carbonyl (C=O) groups is 1. The van der Waals surface area contributed by atoms with Crippen LogP contribution in [-0.4, -0.2) is 29.8 Å². The van der Waals surface area contributed by atoms with E-state index in [4.69, 9.17) is 18.7 Å². The fourth-order valence-electron chi connectivity index (χ4n) is 2.63. The van der Waals surface area contributed by atoms with Gasteiger partial charge < -0.3 is 18.7 Å². The summed E-state index contributed by atoms with van der Waals surface area (Å²) in [7, 11) is 1.36. The Labute approximate surface area is 165 Å². The average molecular weight is 398 g/mol. The van der Waals surface area contributed by atoms with E-state index in [2.05, 4.69) is 5.16 Å². The maximum Gasteiger partial charge on any atom is 0.345 e. The highest BCUT2D eigenvalue weighted by molar-refractivity contribution is 5.95. The second kappa shape index (κ2) is 8.87. The minimum Gasteiger partial charge on any atom is -0.493 e. The third-order valence-electron chi connectivity index (χ3n) is 3.97. The fourth-order valence-corrected chi connectivity index (χ4v) is 2.63. The Balaban J connectivity index is 1.79. The largest absolute Gasteiger partial charge is 0.493 e. The summed E-state index contributed by atoms with van der Waals surface area (Å²) >= 11 is 0. The van der Waals surface area contributed by atoms with Crippen molar-refractivity contribution in [3.63, 3.8) is 0 Å². The number of methoxy groups -OCH3 is 1. The smallest absolute Gasteiger partial charge is 0.345 e. The van der Waals surface area contributed by atoms with Crippen molar-refractivity contribution >= 4 is 11.7 Å². The summed E-state index contributed by atoms with van der Waals surface area (Å²) in [5.41, 5.74) is 0.509. The molecule has 29 heavy (non-hydrogen) atoms. The van der Waals surface area contributed by atoms with E-state index in [9.17, 15) is 14.9 Å². The van der Waals surface area contributed by atoms with Gasteiger partial charge in [-0.05, 0) is 6.92 Å². The number of esters is 1. The molecule has 0 atom stereocenters. The van der Waals surface area contributed by atoms with Crippen molar-refractivity contribution in [2.75, 3.05) is 13.7 Å². The number of benzene rings is 2. The first-order valence-electron chi connectivity index (χ1n) is 8.70. The molecule has 0 spiro atoms. The molecule has 1 heterocycles. The fraction of sp³-hybridized carbons (Fsp3) is 0.200. The van der Waals surface area contributed by atoms with Crippen LogP contribution < -0.4 is 9.47 Å². The van der Waals surface area contributed by atoms with Gasteiger partial charge in [-0.2, -0.15) is 0 Å². The molecule has 0 bridgehead atoms. The summed E-state index contributed by atoms with van der Waals surface area (Å²) in [5.74, 6) is -0.00488. The molecule has 0 N–H and O–H groups in total. The monoisotopic (exact) mass is 398 g/mol. The lowest BCUT2D eigenvalue weighted by Gasteiger charge is -2.11. The van der Waals surface area contributed by atoms with Gasteiger partial charge in [0.1, 0.15) is 17.9 Å².